The first-order chi connectivity index (χ1) is 8.56. The largest absolute Gasteiger partial charge is 0.508 e. The van der Waals surface area contributed by atoms with Gasteiger partial charge in [0.1, 0.15) is 11.5 Å². The highest BCUT2D eigenvalue weighted by atomic mass is 79.9. The van der Waals surface area contributed by atoms with Crippen molar-refractivity contribution in [1.82, 2.24) is 0 Å². The molecule has 0 unspecified atom stereocenters. The third-order valence-corrected chi connectivity index (χ3v) is 2.86. The quantitative estimate of drug-likeness (QED) is 0.747. The van der Waals surface area contributed by atoms with E-state index in [0.717, 1.165) is 4.47 Å². The zero-order valence-electron chi connectivity index (χ0n) is 9.22. The van der Waals surface area contributed by atoms with E-state index in [1.165, 1.54) is 18.2 Å². The van der Waals surface area contributed by atoms with Crippen LogP contribution >= 0.6 is 15.9 Å². The van der Waals surface area contributed by atoms with Crippen molar-refractivity contribution in [2.24, 2.45) is 0 Å². The fraction of sp³-hybridized carbons (Fsp3) is 0. The van der Waals surface area contributed by atoms with Crippen molar-refractivity contribution in [1.29, 1.82) is 0 Å². The molecule has 0 aliphatic heterocycles. The Morgan fingerprint density at radius 2 is 1.72 bits per heavy atom. The zero-order chi connectivity index (χ0) is 13.1. The molecular formula is C13H10BrNO3. The monoisotopic (exact) mass is 307 g/mol. The molecule has 0 spiro atoms. The van der Waals surface area contributed by atoms with Gasteiger partial charge >= 0.3 is 0 Å². The number of hydrogen-bond donors (Lipinski definition) is 3. The first-order valence-electron chi connectivity index (χ1n) is 5.15. The number of hydrogen-bond acceptors (Lipinski definition) is 3. The van der Waals surface area contributed by atoms with Crippen molar-refractivity contribution in [3.63, 3.8) is 0 Å². The Morgan fingerprint density at radius 1 is 1.06 bits per heavy atom. The lowest BCUT2D eigenvalue weighted by molar-refractivity contribution is 0.102. The Hall–Kier alpha value is -2.01. The first-order valence-corrected chi connectivity index (χ1v) is 5.94. The summed E-state index contributed by atoms with van der Waals surface area (Å²) < 4.78 is 0.903. The van der Waals surface area contributed by atoms with Crippen LogP contribution in [0.5, 0.6) is 11.5 Å². The van der Waals surface area contributed by atoms with Gasteiger partial charge in [-0.05, 0) is 42.5 Å². The first kappa shape index (κ1) is 12.4. The minimum atomic E-state index is -0.481. The third-order valence-electron chi connectivity index (χ3n) is 2.33. The molecule has 18 heavy (non-hydrogen) atoms. The molecule has 3 N–H and O–H groups in total. The normalized spacial score (nSPS) is 10.1. The number of anilines is 1. The highest BCUT2D eigenvalue weighted by Gasteiger charge is 2.12. The molecule has 2 rings (SSSR count). The van der Waals surface area contributed by atoms with Crippen LogP contribution < -0.4 is 5.32 Å². The van der Waals surface area contributed by atoms with E-state index in [-0.39, 0.29) is 17.1 Å². The van der Waals surface area contributed by atoms with E-state index in [9.17, 15) is 15.0 Å². The number of rotatable bonds is 2. The number of carbonyl (C=O) groups excluding carboxylic acids is 1. The second-order valence-electron chi connectivity index (χ2n) is 3.66. The molecule has 0 aromatic heterocycles. The molecule has 4 nitrogen and oxygen atoms in total. The van der Waals surface area contributed by atoms with Gasteiger partial charge in [0.2, 0.25) is 0 Å². The minimum Gasteiger partial charge on any atom is -0.508 e. The van der Waals surface area contributed by atoms with Crippen LogP contribution in [0.25, 0.3) is 0 Å². The van der Waals surface area contributed by atoms with Gasteiger partial charge in [0, 0.05) is 10.2 Å². The van der Waals surface area contributed by atoms with Crippen LogP contribution in [0.15, 0.2) is 46.9 Å². The molecule has 92 valence electrons. The van der Waals surface area contributed by atoms with Crippen LogP contribution in [-0.2, 0) is 0 Å². The lowest BCUT2D eigenvalue weighted by atomic mass is 10.1. The van der Waals surface area contributed by atoms with Gasteiger partial charge < -0.3 is 15.5 Å². The number of amides is 1. The standard InChI is InChI=1S/C13H10BrNO3/c14-8-1-3-9(4-2-8)15-13(18)11-7-10(16)5-6-12(11)17/h1-7,16-17H,(H,15,18). The summed E-state index contributed by atoms with van der Waals surface area (Å²) in [7, 11) is 0. The van der Waals surface area contributed by atoms with Gasteiger partial charge in [-0.2, -0.15) is 0 Å². The molecule has 0 radical (unpaired) electrons. The number of phenolic OH excluding ortho intramolecular Hbond substituents is 2. The number of carbonyl (C=O) groups is 1. The van der Waals surface area contributed by atoms with E-state index in [1.54, 1.807) is 24.3 Å². The molecule has 0 bridgehead atoms. The fourth-order valence-electron chi connectivity index (χ4n) is 1.44. The second kappa shape index (κ2) is 5.10. The maximum Gasteiger partial charge on any atom is 0.259 e. The summed E-state index contributed by atoms with van der Waals surface area (Å²) in [4.78, 5) is 11.9. The summed E-state index contributed by atoms with van der Waals surface area (Å²) in [6.07, 6.45) is 0. The molecule has 2 aromatic carbocycles. The van der Waals surface area contributed by atoms with E-state index in [1.807, 2.05) is 0 Å². The minimum absolute atomic E-state index is 0.0259. The lowest BCUT2D eigenvalue weighted by Crippen LogP contribution is -2.11. The van der Waals surface area contributed by atoms with E-state index in [2.05, 4.69) is 21.2 Å². The molecule has 0 aliphatic rings. The molecule has 0 heterocycles. The summed E-state index contributed by atoms with van der Waals surface area (Å²) in [6.45, 7) is 0. The second-order valence-corrected chi connectivity index (χ2v) is 4.58. The number of benzene rings is 2. The number of phenols is 2. The highest BCUT2D eigenvalue weighted by molar-refractivity contribution is 9.10. The number of nitrogens with one attached hydrogen (secondary N) is 1. The van der Waals surface area contributed by atoms with Gasteiger partial charge in [-0.3, -0.25) is 4.79 Å². The van der Waals surface area contributed by atoms with Crippen molar-refractivity contribution in [2.45, 2.75) is 0 Å². The summed E-state index contributed by atoms with van der Waals surface area (Å²) in [5, 5.41) is 21.5. The van der Waals surface area contributed by atoms with Crippen molar-refractivity contribution in [3.05, 3.63) is 52.5 Å². The van der Waals surface area contributed by atoms with Gasteiger partial charge in [0.15, 0.2) is 0 Å². The summed E-state index contributed by atoms with van der Waals surface area (Å²) in [5.41, 5.74) is 0.629. The Bertz CT molecular complexity index is 581. The SMILES string of the molecule is O=C(Nc1ccc(Br)cc1)c1cc(O)ccc1O. The van der Waals surface area contributed by atoms with Crippen LogP contribution in [-0.4, -0.2) is 16.1 Å². The summed E-state index contributed by atoms with van der Waals surface area (Å²) in [5.74, 6) is -0.734. The predicted molar refractivity (Wildman–Crippen MR) is 71.9 cm³/mol. The summed E-state index contributed by atoms with van der Waals surface area (Å²) >= 11 is 3.29. The molecule has 2 aromatic rings. The van der Waals surface area contributed by atoms with Gasteiger partial charge in [-0.25, -0.2) is 0 Å². The fourth-order valence-corrected chi connectivity index (χ4v) is 1.70. The van der Waals surface area contributed by atoms with Crippen molar-refractivity contribution in [2.75, 3.05) is 5.32 Å². The van der Waals surface area contributed by atoms with Gasteiger partial charge in [0.25, 0.3) is 5.91 Å². The Balaban J connectivity index is 2.21. The highest BCUT2D eigenvalue weighted by Crippen LogP contribution is 2.23. The van der Waals surface area contributed by atoms with Crippen LogP contribution in [0.4, 0.5) is 5.69 Å². The molecule has 1 amide bonds. The van der Waals surface area contributed by atoms with E-state index >= 15 is 0 Å². The predicted octanol–water partition coefficient (Wildman–Crippen LogP) is 3.11. The number of halogens is 1. The molecule has 5 heteroatoms. The molecule has 0 saturated heterocycles. The maximum atomic E-state index is 11.9. The summed E-state index contributed by atoms with van der Waals surface area (Å²) in [6, 6.07) is 10.8. The lowest BCUT2D eigenvalue weighted by Gasteiger charge is -2.07. The topological polar surface area (TPSA) is 69.6 Å². The van der Waals surface area contributed by atoms with Gasteiger partial charge in [-0.15, -0.1) is 0 Å². The molecule has 0 fully saturated rings. The van der Waals surface area contributed by atoms with Crippen molar-refractivity contribution in [3.8, 4) is 11.5 Å². The van der Waals surface area contributed by atoms with Crippen molar-refractivity contribution < 1.29 is 15.0 Å². The maximum absolute atomic E-state index is 11.9. The average Bonchev–Trinajstić information content (AvgIpc) is 2.35. The Morgan fingerprint density at radius 3 is 2.39 bits per heavy atom. The van der Waals surface area contributed by atoms with Crippen LogP contribution in [0, 0.1) is 0 Å². The third kappa shape index (κ3) is 2.81. The van der Waals surface area contributed by atoms with E-state index < -0.39 is 5.91 Å². The number of aromatic hydroxyl groups is 2. The molecule has 0 saturated carbocycles. The van der Waals surface area contributed by atoms with Crippen LogP contribution in [0.2, 0.25) is 0 Å². The van der Waals surface area contributed by atoms with Gasteiger partial charge in [-0.1, -0.05) is 15.9 Å². The Labute approximate surface area is 112 Å². The van der Waals surface area contributed by atoms with E-state index in [4.69, 9.17) is 0 Å². The molecular weight excluding hydrogens is 298 g/mol. The smallest absolute Gasteiger partial charge is 0.259 e. The average molecular weight is 308 g/mol. The van der Waals surface area contributed by atoms with Gasteiger partial charge in [0.05, 0.1) is 5.56 Å². The Kier molecular flexibility index (Phi) is 3.53. The van der Waals surface area contributed by atoms with Crippen LogP contribution in [0.1, 0.15) is 10.4 Å². The molecule has 0 atom stereocenters. The van der Waals surface area contributed by atoms with Crippen LogP contribution in [0.3, 0.4) is 0 Å². The molecule has 0 aliphatic carbocycles. The van der Waals surface area contributed by atoms with Crippen molar-refractivity contribution >= 4 is 27.5 Å². The van der Waals surface area contributed by atoms with E-state index in [0.29, 0.717) is 5.69 Å². The zero-order valence-corrected chi connectivity index (χ0v) is 10.8.